The zero-order chi connectivity index (χ0) is 13.9. The summed E-state index contributed by atoms with van der Waals surface area (Å²) in [6.45, 7) is 9.20. The van der Waals surface area contributed by atoms with Crippen molar-refractivity contribution in [3.8, 4) is 0 Å². The third-order valence-electron chi connectivity index (χ3n) is 4.67. The van der Waals surface area contributed by atoms with Crippen molar-refractivity contribution in [1.29, 1.82) is 0 Å². The summed E-state index contributed by atoms with van der Waals surface area (Å²) in [5, 5.41) is 13.7. The summed E-state index contributed by atoms with van der Waals surface area (Å²) in [5.41, 5.74) is 0.0935. The second-order valence-electron chi connectivity index (χ2n) is 7.53. The van der Waals surface area contributed by atoms with E-state index in [-0.39, 0.29) is 11.6 Å². The van der Waals surface area contributed by atoms with Crippen molar-refractivity contribution in [1.82, 2.24) is 10.2 Å². The van der Waals surface area contributed by atoms with Gasteiger partial charge in [-0.1, -0.05) is 12.8 Å². The topological polar surface area (TPSA) is 35.5 Å². The summed E-state index contributed by atoms with van der Waals surface area (Å²) in [6.07, 6.45) is 8.07. The largest absolute Gasteiger partial charge is 0.390 e. The lowest BCUT2D eigenvalue weighted by Gasteiger charge is -2.45. The quantitative estimate of drug-likeness (QED) is 0.822. The van der Waals surface area contributed by atoms with Gasteiger partial charge in [-0.15, -0.1) is 0 Å². The van der Waals surface area contributed by atoms with Crippen LogP contribution in [-0.4, -0.2) is 47.3 Å². The Balaban J connectivity index is 1.80. The first-order valence-corrected chi connectivity index (χ1v) is 8.13. The van der Waals surface area contributed by atoms with E-state index in [0.717, 1.165) is 18.5 Å². The van der Waals surface area contributed by atoms with Crippen LogP contribution in [0.4, 0.5) is 0 Å². The van der Waals surface area contributed by atoms with Crippen LogP contribution in [0.3, 0.4) is 0 Å². The van der Waals surface area contributed by atoms with Gasteiger partial charge in [-0.25, -0.2) is 0 Å². The normalized spacial score (nSPS) is 30.9. The number of hydrogen-bond acceptors (Lipinski definition) is 3. The van der Waals surface area contributed by atoms with E-state index < -0.39 is 0 Å². The molecule has 3 heteroatoms. The molecule has 19 heavy (non-hydrogen) atoms. The molecule has 0 aromatic rings. The molecule has 3 nitrogen and oxygen atoms in total. The minimum atomic E-state index is -0.236. The molecule has 2 aliphatic rings. The van der Waals surface area contributed by atoms with Gasteiger partial charge in [0.1, 0.15) is 0 Å². The zero-order valence-electron chi connectivity index (χ0n) is 13.0. The second-order valence-corrected chi connectivity index (χ2v) is 7.53. The minimum Gasteiger partial charge on any atom is -0.390 e. The third kappa shape index (κ3) is 4.73. The number of β-amino-alcohol motifs (C(OH)–C–C–N with tert-alkyl or cyclic N) is 1. The van der Waals surface area contributed by atoms with Gasteiger partial charge in [0.2, 0.25) is 0 Å². The summed E-state index contributed by atoms with van der Waals surface area (Å²) in [4.78, 5) is 2.57. The maximum Gasteiger partial charge on any atom is 0.0791 e. The van der Waals surface area contributed by atoms with E-state index >= 15 is 0 Å². The second kappa shape index (κ2) is 6.55. The van der Waals surface area contributed by atoms with E-state index in [1.807, 2.05) is 0 Å². The first-order valence-electron chi connectivity index (χ1n) is 8.13. The monoisotopic (exact) mass is 268 g/mol. The number of aliphatic hydroxyl groups excluding tert-OH is 1. The van der Waals surface area contributed by atoms with Crippen LogP contribution >= 0.6 is 0 Å². The standard InChI is InChI=1S/C16H32N2O/c1-16(2,3)17-11-14(19)12-18-10-6-8-13-7-4-5-9-15(13)18/h13-15,17,19H,4-12H2,1-3H3/t13-,14?,15-/m1/s1. The fourth-order valence-corrected chi connectivity index (χ4v) is 3.71. The Morgan fingerprint density at radius 3 is 2.58 bits per heavy atom. The van der Waals surface area contributed by atoms with E-state index in [1.165, 1.54) is 45.1 Å². The third-order valence-corrected chi connectivity index (χ3v) is 4.67. The maximum atomic E-state index is 10.3. The molecule has 0 spiro atoms. The van der Waals surface area contributed by atoms with E-state index in [0.29, 0.717) is 6.54 Å². The van der Waals surface area contributed by atoms with Crippen molar-refractivity contribution in [2.24, 2.45) is 5.92 Å². The van der Waals surface area contributed by atoms with Crippen molar-refractivity contribution in [3.63, 3.8) is 0 Å². The van der Waals surface area contributed by atoms with Crippen molar-refractivity contribution in [2.45, 2.75) is 77.0 Å². The Bertz CT molecular complexity index is 272. The van der Waals surface area contributed by atoms with Gasteiger partial charge in [0.15, 0.2) is 0 Å². The van der Waals surface area contributed by atoms with Gasteiger partial charge >= 0.3 is 0 Å². The molecule has 1 heterocycles. The van der Waals surface area contributed by atoms with Crippen molar-refractivity contribution in [2.75, 3.05) is 19.6 Å². The van der Waals surface area contributed by atoms with Crippen molar-refractivity contribution >= 4 is 0 Å². The van der Waals surface area contributed by atoms with Gasteiger partial charge in [-0.05, 0) is 58.9 Å². The van der Waals surface area contributed by atoms with Crippen LogP contribution in [0.25, 0.3) is 0 Å². The molecule has 1 aliphatic heterocycles. The van der Waals surface area contributed by atoms with Gasteiger partial charge in [-0.3, -0.25) is 4.90 Å². The molecule has 0 aromatic heterocycles. The molecule has 0 aromatic carbocycles. The number of aliphatic hydroxyl groups is 1. The van der Waals surface area contributed by atoms with Crippen molar-refractivity contribution in [3.05, 3.63) is 0 Å². The van der Waals surface area contributed by atoms with Crippen LogP contribution in [0.2, 0.25) is 0 Å². The predicted octanol–water partition coefficient (Wildman–Crippen LogP) is 2.39. The lowest BCUT2D eigenvalue weighted by molar-refractivity contribution is 0.0197. The first-order chi connectivity index (χ1) is 8.96. The Morgan fingerprint density at radius 2 is 1.84 bits per heavy atom. The lowest BCUT2D eigenvalue weighted by atomic mass is 9.78. The summed E-state index contributed by atoms with van der Waals surface area (Å²) in [6, 6.07) is 0.756. The van der Waals surface area contributed by atoms with E-state index in [2.05, 4.69) is 31.0 Å². The van der Waals surface area contributed by atoms with E-state index in [4.69, 9.17) is 0 Å². The van der Waals surface area contributed by atoms with Crippen LogP contribution in [0.15, 0.2) is 0 Å². The molecule has 1 saturated heterocycles. The summed E-state index contributed by atoms with van der Waals surface area (Å²) in [5.74, 6) is 0.908. The van der Waals surface area contributed by atoms with Crippen LogP contribution in [0, 0.1) is 5.92 Å². The number of nitrogens with zero attached hydrogens (tertiary/aromatic N) is 1. The van der Waals surface area contributed by atoms with Gasteiger partial charge in [0.25, 0.3) is 0 Å². The molecule has 1 unspecified atom stereocenters. The molecule has 0 radical (unpaired) electrons. The maximum absolute atomic E-state index is 10.3. The molecule has 1 saturated carbocycles. The molecule has 2 N–H and O–H groups in total. The van der Waals surface area contributed by atoms with Gasteiger partial charge in [0.05, 0.1) is 6.10 Å². The molecule has 3 atom stereocenters. The summed E-state index contributed by atoms with van der Waals surface area (Å²) >= 11 is 0. The molecule has 0 amide bonds. The molecule has 2 fully saturated rings. The number of nitrogens with one attached hydrogen (secondary N) is 1. The number of rotatable bonds is 4. The predicted molar refractivity (Wildman–Crippen MR) is 80.3 cm³/mol. The van der Waals surface area contributed by atoms with E-state index in [1.54, 1.807) is 0 Å². The number of piperidine rings is 1. The molecular weight excluding hydrogens is 236 g/mol. The number of hydrogen-bond donors (Lipinski definition) is 2. The Labute approximate surface area is 118 Å². The highest BCUT2D eigenvalue weighted by atomic mass is 16.3. The highest BCUT2D eigenvalue weighted by Crippen LogP contribution is 2.35. The average molecular weight is 268 g/mol. The van der Waals surface area contributed by atoms with Gasteiger partial charge in [0, 0.05) is 24.7 Å². The number of fused-ring (bicyclic) bond motifs is 1. The smallest absolute Gasteiger partial charge is 0.0791 e. The first kappa shape index (κ1) is 15.3. The van der Waals surface area contributed by atoms with Crippen LogP contribution in [-0.2, 0) is 0 Å². The average Bonchev–Trinajstić information content (AvgIpc) is 2.36. The summed E-state index contributed by atoms with van der Waals surface area (Å²) < 4.78 is 0. The molecule has 112 valence electrons. The molecule has 1 aliphatic carbocycles. The van der Waals surface area contributed by atoms with Crippen LogP contribution in [0.5, 0.6) is 0 Å². The SMILES string of the molecule is CC(C)(C)NCC(O)CN1CCC[C@H]2CCCC[C@H]21. The minimum absolute atomic E-state index is 0.0935. The Morgan fingerprint density at radius 1 is 1.16 bits per heavy atom. The number of likely N-dealkylation sites (tertiary alicyclic amines) is 1. The van der Waals surface area contributed by atoms with Gasteiger partial charge in [-0.2, -0.15) is 0 Å². The summed E-state index contributed by atoms with van der Waals surface area (Å²) in [7, 11) is 0. The molecule has 0 bridgehead atoms. The van der Waals surface area contributed by atoms with Gasteiger partial charge < -0.3 is 10.4 Å². The fourth-order valence-electron chi connectivity index (χ4n) is 3.71. The highest BCUT2D eigenvalue weighted by molar-refractivity contribution is 4.88. The fraction of sp³-hybridized carbons (Fsp3) is 1.00. The Kier molecular flexibility index (Phi) is 5.27. The van der Waals surface area contributed by atoms with Crippen molar-refractivity contribution < 1.29 is 5.11 Å². The Hall–Kier alpha value is -0.120. The highest BCUT2D eigenvalue weighted by Gasteiger charge is 2.33. The van der Waals surface area contributed by atoms with Crippen LogP contribution in [0.1, 0.15) is 59.3 Å². The molecule has 2 rings (SSSR count). The molecular formula is C16H32N2O. The lowest BCUT2D eigenvalue weighted by Crippen LogP contribution is -2.51. The van der Waals surface area contributed by atoms with E-state index in [9.17, 15) is 5.11 Å². The zero-order valence-corrected chi connectivity index (χ0v) is 13.0. The van der Waals surface area contributed by atoms with Crippen LogP contribution < -0.4 is 5.32 Å².